The van der Waals surface area contributed by atoms with Crippen LogP contribution in [0.2, 0.25) is 0 Å². The second-order valence-corrected chi connectivity index (χ2v) is 7.67. The zero-order valence-electron chi connectivity index (χ0n) is 17.1. The Hall–Kier alpha value is -2.21. The van der Waals surface area contributed by atoms with E-state index in [1.54, 1.807) is 0 Å². The minimum atomic E-state index is 0.124. The fourth-order valence-electron chi connectivity index (χ4n) is 3.63. The number of para-hydroxylation sites is 2. The molecule has 0 saturated carbocycles. The van der Waals surface area contributed by atoms with Crippen LogP contribution in [-0.2, 0) is 4.79 Å². The highest BCUT2D eigenvalue weighted by Gasteiger charge is 2.23. The lowest BCUT2D eigenvalue weighted by Gasteiger charge is -2.35. The summed E-state index contributed by atoms with van der Waals surface area (Å²) in [5.74, 6) is 0.124. The van der Waals surface area contributed by atoms with Gasteiger partial charge < -0.3 is 9.80 Å². The first-order valence-corrected chi connectivity index (χ1v) is 10.2. The molecule has 0 spiro atoms. The number of benzene rings is 2. The molecular formula is C23H32N4O. The summed E-state index contributed by atoms with van der Waals surface area (Å²) in [6.45, 7) is 6.70. The third-order valence-corrected chi connectivity index (χ3v) is 5.18. The van der Waals surface area contributed by atoms with Crippen molar-refractivity contribution < 1.29 is 4.79 Å². The number of nitrogens with zero attached hydrogens (tertiary/aromatic N) is 4. The number of carbonyl (C=O) groups is 1. The summed E-state index contributed by atoms with van der Waals surface area (Å²) >= 11 is 0. The van der Waals surface area contributed by atoms with Crippen LogP contribution in [0.25, 0.3) is 0 Å². The fourth-order valence-corrected chi connectivity index (χ4v) is 3.63. The van der Waals surface area contributed by atoms with Crippen LogP contribution in [0.15, 0.2) is 60.7 Å². The molecule has 1 amide bonds. The van der Waals surface area contributed by atoms with Crippen molar-refractivity contribution in [3.8, 4) is 0 Å². The number of hydrogen-bond acceptors (Lipinski definition) is 4. The number of anilines is 2. The SMILES string of the molecule is CN(C)CCCN1CCN(CC(=O)N(c2ccccc2)c2ccccc2)CC1. The quantitative estimate of drug-likeness (QED) is 0.704. The molecule has 0 N–H and O–H groups in total. The minimum Gasteiger partial charge on any atom is -0.309 e. The van der Waals surface area contributed by atoms with Gasteiger partial charge in [-0.15, -0.1) is 0 Å². The van der Waals surface area contributed by atoms with Crippen LogP contribution in [0, 0.1) is 0 Å². The van der Waals surface area contributed by atoms with Gasteiger partial charge in [-0.25, -0.2) is 0 Å². The van der Waals surface area contributed by atoms with Gasteiger partial charge in [-0.1, -0.05) is 36.4 Å². The van der Waals surface area contributed by atoms with Gasteiger partial charge in [0.2, 0.25) is 5.91 Å². The van der Waals surface area contributed by atoms with Crippen molar-refractivity contribution >= 4 is 17.3 Å². The van der Waals surface area contributed by atoms with E-state index in [-0.39, 0.29) is 5.91 Å². The van der Waals surface area contributed by atoms with Crippen LogP contribution < -0.4 is 4.90 Å². The number of hydrogen-bond donors (Lipinski definition) is 0. The van der Waals surface area contributed by atoms with E-state index in [9.17, 15) is 4.79 Å². The molecule has 150 valence electrons. The molecule has 0 atom stereocenters. The Bertz CT molecular complexity index is 672. The molecule has 1 aliphatic heterocycles. The third-order valence-electron chi connectivity index (χ3n) is 5.18. The molecule has 5 nitrogen and oxygen atoms in total. The predicted octanol–water partition coefficient (Wildman–Crippen LogP) is 2.92. The van der Waals surface area contributed by atoms with Gasteiger partial charge in [0, 0.05) is 37.6 Å². The molecule has 2 aromatic carbocycles. The van der Waals surface area contributed by atoms with Crippen LogP contribution in [0.4, 0.5) is 11.4 Å². The Labute approximate surface area is 169 Å². The Morgan fingerprint density at radius 2 is 1.32 bits per heavy atom. The molecule has 28 heavy (non-hydrogen) atoms. The van der Waals surface area contributed by atoms with Crippen molar-refractivity contribution in [2.45, 2.75) is 6.42 Å². The highest BCUT2D eigenvalue weighted by Crippen LogP contribution is 2.25. The first kappa shape index (κ1) is 20.5. The van der Waals surface area contributed by atoms with E-state index in [4.69, 9.17) is 0 Å². The second kappa shape index (κ2) is 10.4. The lowest BCUT2D eigenvalue weighted by atomic mass is 10.2. The molecule has 1 heterocycles. The van der Waals surface area contributed by atoms with Crippen LogP contribution in [0.1, 0.15) is 6.42 Å². The topological polar surface area (TPSA) is 30.0 Å². The first-order chi connectivity index (χ1) is 13.6. The average molecular weight is 381 g/mol. The first-order valence-electron chi connectivity index (χ1n) is 10.2. The van der Waals surface area contributed by atoms with Crippen LogP contribution in [-0.4, -0.2) is 80.5 Å². The largest absolute Gasteiger partial charge is 0.309 e. The van der Waals surface area contributed by atoms with Crippen molar-refractivity contribution in [2.75, 3.05) is 64.8 Å². The van der Waals surface area contributed by atoms with E-state index in [0.29, 0.717) is 6.54 Å². The summed E-state index contributed by atoms with van der Waals surface area (Å²) in [7, 11) is 4.24. The van der Waals surface area contributed by atoms with Crippen LogP contribution in [0.5, 0.6) is 0 Å². The molecular weight excluding hydrogens is 348 g/mol. The predicted molar refractivity (Wildman–Crippen MR) is 116 cm³/mol. The molecule has 0 bridgehead atoms. The fraction of sp³-hybridized carbons (Fsp3) is 0.435. The van der Waals surface area contributed by atoms with Gasteiger partial charge >= 0.3 is 0 Å². The summed E-state index contributed by atoms with van der Waals surface area (Å²) in [6.07, 6.45) is 1.20. The highest BCUT2D eigenvalue weighted by atomic mass is 16.2. The Balaban J connectivity index is 1.58. The summed E-state index contributed by atoms with van der Waals surface area (Å²) in [4.78, 5) is 22.1. The maximum absolute atomic E-state index is 13.2. The molecule has 2 aromatic rings. The molecule has 1 aliphatic rings. The smallest absolute Gasteiger partial charge is 0.245 e. The van der Waals surface area contributed by atoms with Crippen molar-refractivity contribution in [1.29, 1.82) is 0 Å². The Kier molecular flexibility index (Phi) is 7.60. The van der Waals surface area contributed by atoms with Gasteiger partial charge in [-0.3, -0.25) is 14.6 Å². The summed E-state index contributed by atoms with van der Waals surface area (Å²) < 4.78 is 0. The number of carbonyl (C=O) groups excluding carboxylic acids is 1. The van der Waals surface area contributed by atoms with Gasteiger partial charge in [0.15, 0.2) is 0 Å². The molecule has 5 heteroatoms. The third kappa shape index (κ3) is 5.89. The number of piperazine rings is 1. The zero-order chi connectivity index (χ0) is 19.8. The van der Waals surface area contributed by atoms with Gasteiger partial charge in [0.05, 0.1) is 6.54 Å². The van der Waals surface area contributed by atoms with Gasteiger partial charge in [-0.05, 0) is 57.9 Å². The molecule has 0 aromatic heterocycles. The minimum absolute atomic E-state index is 0.124. The van der Waals surface area contributed by atoms with E-state index in [2.05, 4.69) is 28.8 Å². The van der Waals surface area contributed by atoms with E-state index in [1.165, 1.54) is 6.42 Å². The molecule has 0 radical (unpaired) electrons. The van der Waals surface area contributed by atoms with Gasteiger partial charge in [-0.2, -0.15) is 0 Å². The molecule has 1 saturated heterocycles. The van der Waals surface area contributed by atoms with E-state index in [1.807, 2.05) is 65.6 Å². The van der Waals surface area contributed by atoms with Crippen molar-refractivity contribution in [3.05, 3.63) is 60.7 Å². The second-order valence-electron chi connectivity index (χ2n) is 7.67. The molecule has 1 fully saturated rings. The van der Waals surface area contributed by atoms with E-state index in [0.717, 1.165) is 50.6 Å². The zero-order valence-corrected chi connectivity index (χ0v) is 17.1. The summed E-state index contributed by atoms with van der Waals surface area (Å²) in [5, 5.41) is 0. The van der Waals surface area contributed by atoms with E-state index < -0.39 is 0 Å². The molecule has 0 aliphatic carbocycles. The van der Waals surface area contributed by atoms with Crippen molar-refractivity contribution in [2.24, 2.45) is 0 Å². The molecule has 3 rings (SSSR count). The van der Waals surface area contributed by atoms with Gasteiger partial charge in [0.1, 0.15) is 0 Å². The Morgan fingerprint density at radius 3 is 1.82 bits per heavy atom. The normalized spacial score (nSPS) is 15.7. The maximum Gasteiger partial charge on any atom is 0.245 e. The van der Waals surface area contributed by atoms with Crippen molar-refractivity contribution in [3.63, 3.8) is 0 Å². The van der Waals surface area contributed by atoms with Gasteiger partial charge in [0.25, 0.3) is 0 Å². The average Bonchev–Trinajstić information content (AvgIpc) is 2.71. The van der Waals surface area contributed by atoms with E-state index >= 15 is 0 Å². The summed E-state index contributed by atoms with van der Waals surface area (Å²) in [5.41, 5.74) is 1.84. The maximum atomic E-state index is 13.2. The monoisotopic (exact) mass is 380 g/mol. The molecule has 0 unspecified atom stereocenters. The summed E-state index contributed by atoms with van der Waals surface area (Å²) in [6, 6.07) is 19.8. The lowest BCUT2D eigenvalue weighted by Crippen LogP contribution is -2.49. The highest BCUT2D eigenvalue weighted by molar-refractivity contribution is 6.01. The standard InChI is InChI=1S/C23H32N4O/c1-24(2)14-9-15-25-16-18-26(19-17-25)20-23(28)27(21-10-5-3-6-11-21)22-12-7-4-8-13-22/h3-8,10-13H,9,14-20H2,1-2H3. The van der Waals surface area contributed by atoms with Crippen LogP contribution >= 0.6 is 0 Å². The van der Waals surface area contributed by atoms with Crippen LogP contribution in [0.3, 0.4) is 0 Å². The van der Waals surface area contributed by atoms with Crippen molar-refractivity contribution in [1.82, 2.24) is 14.7 Å². The number of rotatable bonds is 8. The Morgan fingerprint density at radius 1 is 0.821 bits per heavy atom. The number of amides is 1. The lowest BCUT2D eigenvalue weighted by molar-refractivity contribution is -0.119.